The van der Waals surface area contributed by atoms with Crippen LogP contribution in [0, 0.1) is 6.92 Å². The first kappa shape index (κ1) is 22.7. The van der Waals surface area contributed by atoms with Crippen molar-refractivity contribution >= 4 is 51.7 Å². The van der Waals surface area contributed by atoms with Crippen molar-refractivity contribution in [3.05, 3.63) is 65.9 Å². The van der Waals surface area contributed by atoms with Crippen molar-refractivity contribution in [2.45, 2.75) is 6.92 Å². The summed E-state index contributed by atoms with van der Waals surface area (Å²) in [6.45, 7) is 2.25. The summed E-state index contributed by atoms with van der Waals surface area (Å²) in [7, 11) is 3.68. The van der Waals surface area contributed by atoms with Crippen LogP contribution in [0.1, 0.15) is 15.9 Å². The number of benzene rings is 2. The summed E-state index contributed by atoms with van der Waals surface area (Å²) < 4.78 is 0. The molecule has 10 nitrogen and oxygen atoms in total. The van der Waals surface area contributed by atoms with Gasteiger partial charge in [-0.1, -0.05) is 23.2 Å². The van der Waals surface area contributed by atoms with Gasteiger partial charge < -0.3 is 21.3 Å². The van der Waals surface area contributed by atoms with Crippen LogP contribution in [-0.4, -0.2) is 47.3 Å². The first-order chi connectivity index (χ1) is 16.3. The zero-order chi connectivity index (χ0) is 24.2. The van der Waals surface area contributed by atoms with Crippen LogP contribution in [0.2, 0.25) is 0 Å². The van der Waals surface area contributed by atoms with E-state index < -0.39 is 5.91 Å². The van der Waals surface area contributed by atoms with Gasteiger partial charge in [-0.05, 0) is 56.9 Å². The number of aromatic nitrogens is 3. The molecule has 0 aliphatic heterocycles. The van der Waals surface area contributed by atoms with E-state index in [2.05, 4.69) is 25.9 Å². The molecule has 2 aromatic heterocycles. The molecular weight excluding hydrogens is 432 g/mol. The minimum absolute atomic E-state index is 0.100. The van der Waals surface area contributed by atoms with E-state index in [9.17, 15) is 9.59 Å². The lowest BCUT2D eigenvalue weighted by Gasteiger charge is -2.12. The van der Waals surface area contributed by atoms with Gasteiger partial charge in [-0.15, -0.1) is 0 Å². The molecule has 0 bridgehead atoms. The van der Waals surface area contributed by atoms with Gasteiger partial charge in [0.1, 0.15) is 0 Å². The van der Waals surface area contributed by atoms with E-state index in [0.717, 1.165) is 22.3 Å². The number of nitrogens with one attached hydrogen (secondary N) is 5. The third-order valence-electron chi connectivity index (χ3n) is 5.15. The Morgan fingerprint density at radius 1 is 1.09 bits per heavy atom. The van der Waals surface area contributed by atoms with Gasteiger partial charge in [0.2, 0.25) is 17.4 Å². The molecule has 34 heavy (non-hydrogen) atoms. The van der Waals surface area contributed by atoms with Crippen LogP contribution in [0.15, 0.2) is 54.7 Å². The van der Waals surface area contributed by atoms with E-state index in [1.165, 1.54) is 0 Å². The largest absolute Gasteiger partial charge is 0.366 e. The number of hydrogen-bond donors (Lipinski definition) is 5. The van der Waals surface area contributed by atoms with Gasteiger partial charge in [0.25, 0.3) is 5.91 Å². The maximum absolute atomic E-state index is 12.2. The Morgan fingerprint density at radius 2 is 1.88 bits per heavy atom. The number of carbonyl (C=O) groups is 2. The van der Waals surface area contributed by atoms with Crippen molar-refractivity contribution in [2.24, 2.45) is 5.73 Å². The summed E-state index contributed by atoms with van der Waals surface area (Å²) in [6.07, 6.45) is 1.80. The van der Waals surface area contributed by atoms with Gasteiger partial charge >= 0.3 is 5.95 Å². The van der Waals surface area contributed by atoms with E-state index in [0.29, 0.717) is 28.7 Å². The molecule has 0 fully saturated rings. The molecule has 0 aliphatic rings. The predicted molar refractivity (Wildman–Crippen MR) is 133 cm³/mol. The van der Waals surface area contributed by atoms with Gasteiger partial charge in [-0.25, -0.2) is 4.98 Å². The van der Waals surface area contributed by atoms with Crippen LogP contribution in [0.5, 0.6) is 0 Å². The molecule has 7 N–H and O–H groups in total. The quantitative estimate of drug-likeness (QED) is 0.274. The maximum atomic E-state index is 12.2. The van der Waals surface area contributed by atoms with Crippen LogP contribution >= 0.6 is 0 Å². The van der Waals surface area contributed by atoms with Crippen LogP contribution in [0.25, 0.3) is 11.0 Å². The Hall–Kier alpha value is -4.44. The van der Waals surface area contributed by atoms with Gasteiger partial charge in [0, 0.05) is 11.9 Å². The molecule has 4 rings (SSSR count). The van der Waals surface area contributed by atoms with Crippen LogP contribution in [-0.2, 0) is 4.79 Å². The second kappa shape index (κ2) is 9.59. The number of hydrogen-bond acceptors (Lipinski definition) is 6. The second-order valence-electron chi connectivity index (χ2n) is 8.18. The normalized spacial score (nSPS) is 10.9. The second-order valence-corrected chi connectivity index (χ2v) is 8.18. The maximum Gasteiger partial charge on any atom is 0.351 e. The lowest BCUT2D eigenvalue weighted by Crippen LogP contribution is -2.27. The highest BCUT2D eigenvalue weighted by Gasteiger charge is 2.18. The Balaban J connectivity index is 1.65. The van der Waals surface area contributed by atoms with Gasteiger partial charge in [-0.2, -0.15) is 0 Å². The molecule has 0 aliphatic carbocycles. The van der Waals surface area contributed by atoms with Crippen molar-refractivity contribution in [2.75, 3.05) is 36.6 Å². The molecule has 0 saturated carbocycles. The molecule has 10 heteroatoms. The summed E-state index contributed by atoms with van der Waals surface area (Å²) in [4.78, 5) is 36.9. The van der Waals surface area contributed by atoms with E-state index in [1.807, 2.05) is 51.4 Å². The third kappa shape index (κ3) is 5.13. The summed E-state index contributed by atoms with van der Waals surface area (Å²) >= 11 is 0. The summed E-state index contributed by atoms with van der Waals surface area (Å²) in [6, 6.07) is 14.5. The summed E-state index contributed by atoms with van der Waals surface area (Å²) in [5, 5.41) is 10.2. The number of aromatic amines is 2. The molecule has 0 spiro atoms. The molecule has 0 saturated heterocycles. The Labute approximate surface area is 196 Å². The molecule has 174 valence electrons. The molecule has 0 unspecified atom stereocenters. The lowest BCUT2D eigenvalue weighted by molar-refractivity contribution is -0.333. The Kier molecular flexibility index (Phi) is 6.42. The highest BCUT2D eigenvalue weighted by Crippen LogP contribution is 2.27. The average molecular weight is 460 g/mol. The molecule has 2 heterocycles. The first-order valence-electron chi connectivity index (χ1n) is 10.7. The number of amides is 2. The number of fused-ring (bicyclic) bond motifs is 1. The molecule has 0 radical (unpaired) electrons. The van der Waals surface area contributed by atoms with Gasteiger partial charge in [-0.3, -0.25) is 19.9 Å². The highest BCUT2D eigenvalue weighted by atomic mass is 16.2. The van der Waals surface area contributed by atoms with Crippen molar-refractivity contribution < 1.29 is 14.6 Å². The molecular formula is C24H27N8O2+. The Morgan fingerprint density at radius 3 is 2.65 bits per heavy atom. The number of primary amides is 1. The van der Waals surface area contributed by atoms with Crippen LogP contribution < -0.4 is 26.7 Å². The highest BCUT2D eigenvalue weighted by molar-refractivity contribution is 6.00. The SMILES string of the molecule is Cc1ccc(NC(=O)CN(C)C)cc1Nc1nc(Nc2ccccc2C(N)=O)c2cc[nH]c2[nH+]1. The number of nitrogens with two attached hydrogens (primary N) is 1. The fraction of sp³-hybridized carbons (Fsp3) is 0.167. The number of nitrogens with zero attached hydrogens (tertiary/aromatic N) is 2. The monoisotopic (exact) mass is 459 g/mol. The van der Waals surface area contributed by atoms with Crippen LogP contribution in [0.4, 0.5) is 28.8 Å². The predicted octanol–water partition coefficient (Wildman–Crippen LogP) is 2.77. The van der Waals surface area contributed by atoms with Gasteiger partial charge in [0.15, 0.2) is 0 Å². The first-order valence-corrected chi connectivity index (χ1v) is 10.7. The summed E-state index contributed by atoms with van der Waals surface area (Å²) in [5.41, 5.74) is 9.62. The number of carbonyl (C=O) groups excluding carboxylic acids is 2. The minimum atomic E-state index is -0.530. The minimum Gasteiger partial charge on any atom is -0.366 e. The third-order valence-corrected chi connectivity index (χ3v) is 5.15. The van der Waals surface area contributed by atoms with Crippen molar-refractivity contribution in [3.8, 4) is 0 Å². The Bertz CT molecular complexity index is 1360. The molecule has 4 aromatic rings. The zero-order valence-electron chi connectivity index (χ0n) is 19.2. The van der Waals surface area contributed by atoms with Gasteiger partial charge in [0.05, 0.1) is 28.9 Å². The lowest BCUT2D eigenvalue weighted by atomic mass is 10.1. The van der Waals surface area contributed by atoms with Crippen LogP contribution in [0.3, 0.4) is 0 Å². The fourth-order valence-corrected chi connectivity index (χ4v) is 3.53. The smallest absolute Gasteiger partial charge is 0.351 e. The number of likely N-dealkylation sites (N-methyl/N-ethyl adjacent to an activating group) is 1. The topological polar surface area (TPSA) is 142 Å². The molecule has 2 amide bonds. The van der Waals surface area contributed by atoms with E-state index in [1.54, 1.807) is 29.3 Å². The number of para-hydroxylation sites is 1. The number of rotatable bonds is 8. The van der Waals surface area contributed by atoms with Crippen molar-refractivity contribution in [1.82, 2.24) is 14.9 Å². The molecule has 0 atom stereocenters. The summed E-state index contributed by atoms with van der Waals surface area (Å²) in [5.74, 6) is 0.378. The number of aryl methyl sites for hydroxylation is 1. The van der Waals surface area contributed by atoms with Crippen molar-refractivity contribution in [1.29, 1.82) is 0 Å². The number of H-pyrrole nitrogens is 2. The zero-order valence-corrected chi connectivity index (χ0v) is 19.2. The van der Waals surface area contributed by atoms with E-state index in [-0.39, 0.29) is 12.5 Å². The molecule has 2 aromatic carbocycles. The standard InChI is InChI=1S/C24H26N8O2/c1-14-8-9-15(27-20(33)13-32(2)3)12-19(14)29-24-30-22-17(10-11-26-22)23(31-24)28-18-7-5-4-6-16(18)21(25)34/h4-12H,13H2,1-3H3,(H2,25,34)(H,27,33)(H3,26,28,29,30,31)/p+1. The fourth-order valence-electron chi connectivity index (χ4n) is 3.53. The van der Waals surface area contributed by atoms with E-state index in [4.69, 9.17) is 10.7 Å². The van der Waals surface area contributed by atoms with Crippen molar-refractivity contribution in [3.63, 3.8) is 0 Å². The average Bonchev–Trinajstić information content (AvgIpc) is 3.25. The number of anilines is 5. The van der Waals surface area contributed by atoms with E-state index >= 15 is 0 Å².